The van der Waals surface area contributed by atoms with Crippen molar-refractivity contribution in [1.82, 2.24) is 39.9 Å². The lowest BCUT2D eigenvalue weighted by molar-refractivity contribution is 0.568. The first-order valence-electron chi connectivity index (χ1n) is 51.7. The third kappa shape index (κ3) is 19.6. The number of aromatic nitrogens is 8. The van der Waals surface area contributed by atoms with Crippen LogP contribution in [0.4, 0.5) is 0 Å². The number of hydrogen-bond donors (Lipinski definition) is 4. The topological polar surface area (TPSA) is 115 Å². The first kappa shape index (κ1) is 99.4. The Morgan fingerprint density at radius 3 is 0.387 bits per heavy atom. The molecule has 142 heavy (non-hydrogen) atoms. The summed E-state index contributed by atoms with van der Waals surface area (Å²) in [6.07, 6.45) is 18.1. The summed E-state index contributed by atoms with van der Waals surface area (Å²) in [7, 11) is 0. The second kappa shape index (κ2) is 34.5. The summed E-state index contributed by atoms with van der Waals surface area (Å²) in [5.74, 6) is 0. The van der Waals surface area contributed by atoms with Crippen LogP contribution in [0.15, 0.2) is 194 Å². The maximum absolute atomic E-state index is 6.09. The van der Waals surface area contributed by atoms with Gasteiger partial charge in [0.1, 0.15) is 0 Å². The van der Waals surface area contributed by atoms with Crippen molar-refractivity contribution in [3.63, 3.8) is 0 Å². The highest BCUT2D eigenvalue weighted by Gasteiger charge is 2.34. The van der Waals surface area contributed by atoms with E-state index in [0.29, 0.717) is 0 Å². The van der Waals surface area contributed by atoms with Crippen molar-refractivity contribution in [1.29, 1.82) is 0 Å². The fraction of sp³-hybridized carbons (Fsp3) is 0.358. The molecule has 4 aliphatic rings. The average Bonchev–Trinajstić information content (AvgIpc) is 1.60. The molecule has 8 nitrogen and oxygen atoms in total. The molecule has 18 rings (SSSR count). The summed E-state index contributed by atoms with van der Waals surface area (Å²) >= 11 is 0. The molecule has 0 unspecified atom stereocenters. The number of benzene rings is 8. The summed E-state index contributed by atoms with van der Waals surface area (Å²) in [5.41, 5.74) is 44.3. The smallest absolute Gasteiger partial charge is 0.0737 e. The molecule has 8 aromatic carbocycles. The number of rotatable bonds is 8. The Hall–Kier alpha value is -12.8. The van der Waals surface area contributed by atoms with Gasteiger partial charge in [0.25, 0.3) is 0 Å². The molecule has 0 atom stereocenters. The normalized spacial score (nSPS) is 13.8. The quantitative estimate of drug-likeness (QED) is 0.121. The first-order valence-corrected chi connectivity index (χ1v) is 51.7. The molecule has 728 valence electrons. The van der Waals surface area contributed by atoms with Gasteiger partial charge in [0.2, 0.25) is 0 Å². The number of aromatic amines is 4. The standard InChI is InChI=1S/C134H152N8/c1-123(2,3)87-59-81(60-88(71-87)124(4,5)6)117-103-45-41-99(135-103)115(100-42-46-104(136-100)118(82-61-89(125(7,8)9)72-90(62-82)126(10,11)12)108-50-54-112(140-108)121(111-53-49-107(117)139-111)85-67-95(131(25,26)27)75-96(68-85)132(28,29)30)78-39-37-77-38-40-79(58-80(77)57-78)116-101-43-47-105(137-101)119(83-63-91(127(13,14)15)73-92(64-83)128(16,17)18)109-51-55-113(141-109)122(86-69-97(133(31,32)33)76-98(70-86)134(34,35)36)114-56-52-110(142-114)120(106-48-44-102(116)138-106)84-65-93(129(19,20)21)74-94(66-84)130(22,23)24/h37-76,135,137,140,142H,1-36H3. The highest BCUT2D eigenvalue weighted by molar-refractivity contribution is 6.06. The minimum Gasteiger partial charge on any atom is -0.354 e. The Morgan fingerprint density at radius 2 is 0.261 bits per heavy atom. The van der Waals surface area contributed by atoms with E-state index in [-0.39, 0.29) is 65.0 Å². The summed E-state index contributed by atoms with van der Waals surface area (Å²) in [6, 6.07) is 76.0. The summed E-state index contributed by atoms with van der Waals surface area (Å²) < 4.78 is 0. The van der Waals surface area contributed by atoms with E-state index >= 15 is 0 Å². The van der Waals surface area contributed by atoms with Gasteiger partial charge in [-0.2, -0.15) is 0 Å². The van der Waals surface area contributed by atoms with E-state index in [9.17, 15) is 0 Å². The third-order valence-corrected chi connectivity index (χ3v) is 29.6. The van der Waals surface area contributed by atoms with Crippen molar-refractivity contribution in [3.8, 4) is 89.0 Å². The van der Waals surface area contributed by atoms with E-state index in [1.54, 1.807) is 0 Å². The molecule has 0 spiro atoms. The van der Waals surface area contributed by atoms with Crippen LogP contribution in [0.3, 0.4) is 0 Å². The highest BCUT2D eigenvalue weighted by atomic mass is 14.8. The Kier molecular flexibility index (Phi) is 24.1. The number of nitrogens with zero attached hydrogens (tertiary/aromatic N) is 4. The van der Waals surface area contributed by atoms with E-state index in [1.807, 2.05) is 0 Å². The van der Waals surface area contributed by atoms with E-state index < -0.39 is 0 Å². The van der Waals surface area contributed by atoms with Crippen molar-refractivity contribution in [3.05, 3.63) is 306 Å². The van der Waals surface area contributed by atoms with Crippen molar-refractivity contribution in [2.24, 2.45) is 0 Å². The zero-order chi connectivity index (χ0) is 102. The van der Waals surface area contributed by atoms with Crippen molar-refractivity contribution in [2.75, 3.05) is 0 Å². The fourth-order valence-corrected chi connectivity index (χ4v) is 20.2. The molecule has 0 saturated heterocycles. The minimum absolute atomic E-state index is 0.156. The third-order valence-electron chi connectivity index (χ3n) is 29.6. The van der Waals surface area contributed by atoms with Crippen molar-refractivity contribution >= 4 is 104 Å². The first-order chi connectivity index (χ1) is 65.8. The van der Waals surface area contributed by atoms with Crippen LogP contribution < -0.4 is 0 Å². The highest BCUT2D eigenvalue weighted by Crippen LogP contribution is 2.50. The van der Waals surface area contributed by atoms with Crippen LogP contribution in [-0.2, 0) is 65.0 Å². The van der Waals surface area contributed by atoms with Crippen LogP contribution >= 0.6 is 0 Å². The van der Waals surface area contributed by atoms with Crippen LogP contribution in [0.25, 0.3) is 193 Å². The average molecular weight is 1870 g/mol. The van der Waals surface area contributed by atoms with Gasteiger partial charge < -0.3 is 19.9 Å². The molecule has 4 N–H and O–H groups in total. The predicted octanol–water partition coefficient (Wildman–Crippen LogP) is 37.7. The van der Waals surface area contributed by atoms with Crippen LogP contribution in [0.2, 0.25) is 0 Å². The Morgan fingerprint density at radius 1 is 0.134 bits per heavy atom. The van der Waals surface area contributed by atoms with E-state index in [1.165, 1.54) is 66.8 Å². The molecule has 0 radical (unpaired) electrons. The predicted molar refractivity (Wildman–Crippen MR) is 617 cm³/mol. The van der Waals surface area contributed by atoms with E-state index in [4.69, 9.17) is 19.9 Å². The number of nitrogens with one attached hydrogen (secondary N) is 4. The molecular formula is C134H152N8. The van der Waals surface area contributed by atoms with Gasteiger partial charge in [-0.1, -0.05) is 383 Å². The largest absolute Gasteiger partial charge is 0.354 e. The second-order valence-corrected chi connectivity index (χ2v) is 53.6. The molecule has 0 saturated carbocycles. The molecule has 4 aliphatic heterocycles. The molecule has 0 fully saturated rings. The van der Waals surface area contributed by atoms with E-state index in [2.05, 4.69) is 512 Å². The van der Waals surface area contributed by atoms with Crippen molar-refractivity contribution < 1.29 is 0 Å². The molecular weight excluding hydrogens is 1720 g/mol. The van der Waals surface area contributed by atoms with Crippen molar-refractivity contribution in [2.45, 2.75) is 314 Å². The van der Waals surface area contributed by atoms with E-state index in [0.717, 1.165) is 189 Å². The summed E-state index contributed by atoms with van der Waals surface area (Å²) in [4.78, 5) is 41.1. The summed E-state index contributed by atoms with van der Waals surface area (Å²) in [6.45, 7) is 84.0. The number of H-pyrrole nitrogens is 4. The lowest BCUT2D eigenvalue weighted by Gasteiger charge is -2.26. The van der Waals surface area contributed by atoms with Gasteiger partial charge in [0.15, 0.2) is 0 Å². The van der Waals surface area contributed by atoms with Gasteiger partial charge in [0, 0.05) is 88.6 Å². The Labute approximate surface area is 847 Å². The zero-order valence-corrected chi connectivity index (χ0v) is 91.9. The van der Waals surface area contributed by atoms with Gasteiger partial charge in [-0.05, 0) is 296 Å². The lowest BCUT2D eigenvalue weighted by atomic mass is 9.78. The van der Waals surface area contributed by atoms with Gasteiger partial charge in [-0.25, -0.2) is 19.9 Å². The Bertz CT molecular complexity index is 7210. The fourth-order valence-electron chi connectivity index (χ4n) is 20.2. The maximum atomic E-state index is 6.09. The van der Waals surface area contributed by atoms with Crippen LogP contribution in [0.5, 0.6) is 0 Å². The second-order valence-electron chi connectivity index (χ2n) is 53.6. The SMILES string of the molecule is CC(C)(C)c1cc(-c2c3nc(c(-c4cc(C(C)(C)C)cc(C(C)(C)C)c4)c4ccc([nH]4)c(-c4ccc5ccc(-c6c7nc(c(-c8cc(C(C)(C)C)cc(C(C)(C)C)c8)c8ccc([nH]8)c(-c8cc(C(C)(C)C)cc(C(C)(C)C)c8)c8nc(c(-c9cc(C(C)(C)C)cc(C(C)(C)C)c9)c9ccc6[nH]9)C=C8)C=C7)cc5c4)c4nc(c(-c5cc(C(C)(C)C)cc(C(C)(C)C)c5)c5ccc2[nH]5)C=C4)C=C3)cc(C(C)(C)C)c1. The summed E-state index contributed by atoms with van der Waals surface area (Å²) in [5, 5.41) is 2.15. The van der Waals surface area contributed by atoms with Gasteiger partial charge in [-0.15, -0.1) is 0 Å². The minimum atomic E-state index is -0.180. The lowest BCUT2D eigenvalue weighted by Crippen LogP contribution is -2.16. The zero-order valence-electron chi connectivity index (χ0n) is 91.9. The van der Waals surface area contributed by atoms with Crippen LogP contribution in [0.1, 0.15) is 362 Å². The number of fused-ring (bicyclic) bond motifs is 17. The van der Waals surface area contributed by atoms with Gasteiger partial charge in [-0.3, -0.25) is 0 Å². The monoisotopic (exact) mass is 1870 g/mol. The molecule has 0 amide bonds. The van der Waals surface area contributed by atoms with Gasteiger partial charge >= 0.3 is 0 Å². The van der Waals surface area contributed by atoms with Gasteiger partial charge in [0.05, 0.1) is 45.6 Å². The molecule has 8 heteroatoms. The molecule has 10 heterocycles. The Balaban J connectivity index is 0.966. The molecule has 6 aromatic heterocycles. The molecule has 0 aliphatic carbocycles. The molecule has 16 bridgehead atoms. The van der Waals surface area contributed by atoms with Crippen LogP contribution in [-0.4, -0.2) is 39.9 Å². The molecule has 14 aromatic rings. The maximum Gasteiger partial charge on any atom is 0.0737 e. The van der Waals surface area contributed by atoms with Crippen LogP contribution in [0, 0.1) is 0 Å². The number of hydrogen-bond acceptors (Lipinski definition) is 4.